The van der Waals surface area contributed by atoms with Gasteiger partial charge in [0.05, 0.1) is 71.1 Å². The lowest BCUT2D eigenvalue weighted by atomic mass is 9.95. The van der Waals surface area contributed by atoms with E-state index in [1.54, 1.807) is 108 Å². The monoisotopic (exact) mass is 1800 g/mol. The van der Waals surface area contributed by atoms with Gasteiger partial charge < -0.3 is 48.0 Å². The van der Waals surface area contributed by atoms with Gasteiger partial charge in [-0.2, -0.15) is 71.9 Å². The Balaban J connectivity index is 0.000000298. The van der Waals surface area contributed by atoms with Crippen LogP contribution in [0.5, 0.6) is 5.75 Å². The second-order valence-corrected chi connectivity index (χ2v) is 33.9. The number of halogens is 15. The van der Waals surface area contributed by atoms with Gasteiger partial charge in [0.15, 0.2) is 5.83 Å². The van der Waals surface area contributed by atoms with Crippen molar-refractivity contribution in [1.29, 1.82) is 0 Å². The fourth-order valence-corrected chi connectivity index (χ4v) is 13.8. The third-order valence-electron chi connectivity index (χ3n) is 19.8. The number of piperidine rings is 4. The summed E-state index contributed by atoms with van der Waals surface area (Å²) in [7, 11) is 1.43. The number of cyclic esters (lactones) is 1. The molecule has 0 unspecified atom stereocenters. The molecule has 0 radical (unpaired) electrons. The van der Waals surface area contributed by atoms with Gasteiger partial charge in [-0.15, -0.1) is 0 Å². The highest BCUT2D eigenvalue weighted by molar-refractivity contribution is 6.05. The van der Waals surface area contributed by atoms with Crippen molar-refractivity contribution in [2.45, 2.75) is 207 Å². The number of allylic oxidation sites excluding steroid dienone is 1. The molecular formula is C90H106F15N5O16. The minimum atomic E-state index is -4.65. The third kappa shape index (κ3) is 33.6. The van der Waals surface area contributed by atoms with Crippen molar-refractivity contribution in [3.05, 3.63) is 166 Å². The van der Waals surface area contributed by atoms with Gasteiger partial charge in [-0.25, -0.2) is 22.9 Å². The van der Waals surface area contributed by atoms with Gasteiger partial charge in [0, 0.05) is 86.1 Å². The van der Waals surface area contributed by atoms with Crippen LogP contribution in [0.15, 0.2) is 121 Å². The molecule has 5 fully saturated rings. The molecule has 0 saturated carbocycles. The Morgan fingerprint density at radius 1 is 0.437 bits per heavy atom. The van der Waals surface area contributed by atoms with E-state index < -0.39 is 105 Å². The van der Waals surface area contributed by atoms with Crippen LogP contribution >= 0.6 is 0 Å². The van der Waals surface area contributed by atoms with E-state index in [2.05, 4.69) is 0 Å². The summed E-state index contributed by atoms with van der Waals surface area (Å²) in [6, 6.07) is 21.1. The molecule has 5 aliphatic rings. The van der Waals surface area contributed by atoms with Gasteiger partial charge in [-0.1, -0.05) is 55.5 Å². The fourth-order valence-electron chi connectivity index (χ4n) is 13.8. The summed E-state index contributed by atoms with van der Waals surface area (Å²) in [6.07, 6.45) is -10.9. The fraction of sp³-hybridized carbons (Fsp3) is 0.511. The quantitative estimate of drug-likeness (QED) is 0.0386. The molecule has 0 N–H and O–H groups in total. The molecule has 5 heterocycles. The topological polar surface area (TPSA) is 242 Å². The number of imide groups is 1. The molecule has 0 bridgehead atoms. The van der Waals surface area contributed by atoms with E-state index >= 15 is 4.39 Å². The summed E-state index contributed by atoms with van der Waals surface area (Å²) in [5, 5.41) is 0. The number of carbonyl (C=O) groups is 6. The van der Waals surface area contributed by atoms with Gasteiger partial charge in [0.1, 0.15) is 40.6 Å². The molecule has 2 amide bonds. The van der Waals surface area contributed by atoms with Crippen LogP contribution in [-0.4, -0.2) is 148 Å². The summed E-state index contributed by atoms with van der Waals surface area (Å²) >= 11 is 0. The van der Waals surface area contributed by atoms with Gasteiger partial charge >= 0.3 is 67.0 Å². The zero-order valence-electron chi connectivity index (χ0n) is 72.4. The van der Waals surface area contributed by atoms with Crippen LogP contribution in [0, 0.1) is 23.7 Å². The van der Waals surface area contributed by atoms with E-state index in [4.69, 9.17) is 47.6 Å². The number of ether oxygens (including phenoxy) is 6. The van der Waals surface area contributed by atoms with Gasteiger partial charge in [0.2, 0.25) is 0 Å². The third-order valence-corrected chi connectivity index (χ3v) is 19.8. The SMILES string of the molecule is CC(C)(C)OC(=O)C1CCN(c2cc(C(F)(F)F)ccc2/C=C(\F)C(=O)N2C(=O)OC[C@H]2Cc2ccccc2)CC1.CC(C)(C)OC(=O)C1CCN(c2cc(C(F)(F)F)ccc2/C=C\F)CC1.CC/C(F)=C/c1ccc(C(F)(F)F)cc1N1CCC(C(=O)OC(C)(C)C)CC1.COc1ccc(C(F)(F)F)cc1N1CCC(C(=O)OC(C)(C)C)CC1.O=C=O.O=C=O. The molecule has 5 aliphatic heterocycles. The minimum Gasteiger partial charge on any atom is -0.495 e. The lowest BCUT2D eigenvalue weighted by Crippen LogP contribution is -2.40. The lowest BCUT2D eigenvalue weighted by molar-refractivity contribution is -0.193. The van der Waals surface area contributed by atoms with Crippen molar-refractivity contribution in [2.24, 2.45) is 23.7 Å². The molecule has 21 nitrogen and oxygen atoms in total. The molecule has 0 aromatic heterocycles. The standard InChI is InChI=1S/C30H32F4N2O5.C21H27F4NO2.C19H23F4NO2.C18H24F3NO3.2CO2/c1-29(2,3)41-27(38)20-11-13-35(14-12-20)25-17-22(30(32,33)34)10-9-21(25)16-24(31)26(37)36-23(18-40-28(36)39)15-19-7-5-4-6-8-19;1-5-17(22)12-15-6-7-16(21(23,24)25)13-18(15)26-10-8-14(9-11-26)19(27)28-20(2,3)4;1-18(2,3)26-17(25)14-7-10-24(11-8-14)16-12-15(19(21,22)23)5-4-13(16)6-9-20;1-17(2,3)25-16(23)12-7-9-22(10-8-12)14-11-13(18(19,20)21)5-6-15(14)24-4;2*2-1-3/h4-10,16-17,20,23H,11-15,18H2,1-3H3;6-7,12-14H,5,8-11H2,1-4H3;4-6,9,12,14H,7-8,10-11H2,1-3H3;5-6,11-12H,7-10H2,1-4H3;;/b24-16-;17-12-;9-6-;;;/t23-;;;;;/m1...../s1. The van der Waals surface area contributed by atoms with E-state index in [-0.39, 0.29) is 97.7 Å². The molecule has 692 valence electrons. The molecule has 36 heteroatoms. The largest absolute Gasteiger partial charge is 0.495 e. The van der Waals surface area contributed by atoms with Crippen LogP contribution in [0.3, 0.4) is 0 Å². The van der Waals surface area contributed by atoms with E-state index in [9.17, 15) is 90.2 Å². The number of amides is 2. The van der Waals surface area contributed by atoms with Crippen molar-refractivity contribution in [3.8, 4) is 5.75 Å². The Bertz CT molecular complexity index is 4620. The normalized spacial score (nSPS) is 16.8. The highest BCUT2D eigenvalue weighted by Gasteiger charge is 2.43. The number of benzene rings is 5. The Morgan fingerprint density at radius 3 is 1.03 bits per heavy atom. The van der Waals surface area contributed by atoms with Gasteiger partial charge in [-0.05, 0) is 226 Å². The van der Waals surface area contributed by atoms with Crippen molar-refractivity contribution in [1.82, 2.24) is 4.90 Å². The van der Waals surface area contributed by atoms with Crippen LogP contribution in [0.1, 0.15) is 192 Å². The number of nitrogens with zero attached hydrogens (tertiary/aromatic N) is 5. The van der Waals surface area contributed by atoms with Crippen molar-refractivity contribution >= 4 is 89.2 Å². The van der Waals surface area contributed by atoms with Crippen molar-refractivity contribution < 1.29 is 142 Å². The highest BCUT2D eigenvalue weighted by atomic mass is 19.4. The van der Waals surface area contributed by atoms with Crippen LogP contribution < -0.4 is 24.3 Å². The van der Waals surface area contributed by atoms with Crippen LogP contribution in [0.2, 0.25) is 0 Å². The van der Waals surface area contributed by atoms with Crippen molar-refractivity contribution in [2.75, 3.05) is 85.7 Å². The van der Waals surface area contributed by atoms with Gasteiger partial charge in [0.25, 0.3) is 5.91 Å². The Hall–Kier alpha value is -11.2. The first-order valence-electron chi connectivity index (χ1n) is 40.3. The number of esters is 4. The number of carbonyl (C=O) groups excluding carboxylic acids is 10. The molecule has 0 aliphatic carbocycles. The maximum Gasteiger partial charge on any atom is 0.417 e. The Kier molecular flexibility index (Phi) is 38.3. The molecule has 1 atom stereocenters. The summed E-state index contributed by atoms with van der Waals surface area (Å²) in [5.41, 5.74) is -2.81. The zero-order valence-corrected chi connectivity index (χ0v) is 72.4. The summed E-state index contributed by atoms with van der Waals surface area (Å²) in [5.74, 6) is -4.96. The number of hydrogen-bond donors (Lipinski definition) is 0. The number of anilines is 4. The summed E-state index contributed by atoms with van der Waals surface area (Å²) < 4.78 is 232. The Morgan fingerprint density at radius 2 is 0.730 bits per heavy atom. The van der Waals surface area contributed by atoms with E-state index in [0.717, 1.165) is 72.3 Å². The van der Waals surface area contributed by atoms with Gasteiger partial charge in [-0.3, -0.25) is 24.0 Å². The van der Waals surface area contributed by atoms with Crippen LogP contribution in [0.4, 0.5) is 93.4 Å². The smallest absolute Gasteiger partial charge is 0.417 e. The lowest BCUT2D eigenvalue weighted by Gasteiger charge is -2.35. The van der Waals surface area contributed by atoms with Crippen LogP contribution in [0.25, 0.3) is 18.2 Å². The van der Waals surface area contributed by atoms with Crippen molar-refractivity contribution in [3.63, 3.8) is 0 Å². The summed E-state index contributed by atoms with van der Waals surface area (Å²) in [4.78, 5) is 115. The van der Waals surface area contributed by atoms with E-state index in [1.807, 2.05) is 31.7 Å². The number of methoxy groups -OCH3 is 1. The second-order valence-electron chi connectivity index (χ2n) is 33.9. The molecule has 5 aromatic rings. The molecule has 0 spiro atoms. The molecule has 5 aromatic carbocycles. The Labute approximate surface area is 721 Å². The molecule has 10 rings (SSSR count). The zero-order chi connectivity index (χ0) is 94.8. The van der Waals surface area contributed by atoms with Crippen LogP contribution in [-0.2, 0) is 98.0 Å². The summed E-state index contributed by atoms with van der Waals surface area (Å²) in [6.45, 7) is 26.0. The number of hydrogen-bond acceptors (Lipinski definition) is 20. The molecule has 126 heavy (non-hydrogen) atoms. The predicted molar refractivity (Wildman–Crippen MR) is 436 cm³/mol. The van der Waals surface area contributed by atoms with E-state index in [1.165, 1.54) is 31.4 Å². The van der Waals surface area contributed by atoms with E-state index in [0.29, 0.717) is 136 Å². The number of rotatable bonds is 16. The minimum absolute atomic E-state index is 0.0340. The second kappa shape index (κ2) is 45.8. The first kappa shape index (κ1) is 105. The molecular weight excluding hydrogens is 1690 g/mol. The average molecular weight is 1800 g/mol. The molecule has 5 saturated heterocycles. The first-order chi connectivity index (χ1) is 58.5. The number of alkyl halides is 12. The maximum absolute atomic E-state index is 15.4. The first-order valence-corrected chi connectivity index (χ1v) is 40.3. The maximum atomic E-state index is 15.4. The average Bonchev–Trinajstić information content (AvgIpc) is 1.66. The predicted octanol–water partition coefficient (Wildman–Crippen LogP) is 20.5. The highest BCUT2D eigenvalue weighted by Crippen LogP contribution is 2.43.